The largest absolute Gasteiger partial charge is 0.444 e. The van der Waals surface area contributed by atoms with Gasteiger partial charge in [0.15, 0.2) is 0 Å². The van der Waals surface area contributed by atoms with E-state index in [-0.39, 0.29) is 30.3 Å². The Kier molecular flexibility index (Phi) is 8.24. The van der Waals surface area contributed by atoms with Crippen LogP contribution < -0.4 is 16.0 Å². The van der Waals surface area contributed by atoms with Crippen molar-refractivity contribution in [3.8, 4) is 0 Å². The van der Waals surface area contributed by atoms with Gasteiger partial charge in [0, 0.05) is 26.2 Å². The Bertz CT molecular complexity index is 603. The Balaban J connectivity index is 1.62. The SMILES string of the molecule is CC(C)(C)OC(=O)NCCNC(=O)C1CCCN(CCCN2C(=O)CNC2=O)C1. The topological polar surface area (TPSA) is 120 Å². The third-order valence-electron chi connectivity index (χ3n) is 4.76. The number of carbonyl (C=O) groups excluding carboxylic acids is 4. The van der Waals surface area contributed by atoms with Gasteiger partial charge in [-0.25, -0.2) is 9.59 Å². The van der Waals surface area contributed by atoms with Crippen LogP contribution in [0.15, 0.2) is 0 Å². The molecule has 2 aliphatic rings. The number of alkyl carbamates (subject to hydrolysis) is 1. The first-order chi connectivity index (χ1) is 13.7. The maximum atomic E-state index is 12.4. The van der Waals surface area contributed by atoms with Crippen LogP contribution in [-0.4, -0.2) is 85.2 Å². The average Bonchev–Trinajstić information content (AvgIpc) is 2.96. The second kappa shape index (κ2) is 10.4. The van der Waals surface area contributed by atoms with Gasteiger partial charge in [-0.05, 0) is 53.1 Å². The van der Waals surface area contributed by atoms with Crippen molar-refractivity contribution in [1.82, 2.24) is 25.8 Å². The second-order valence-electron chi connectivity index (χ2n) is 8.42. The van der Waals surface area contributed by atoms with E-state index in [0.29, 0.717) is 32.6 Å². The summed E-state index contributed by atoms with van der Waals surface area (Å²) in [6, 6.07) is -0.328. The molecule has 2 heterocycles. The van der Waals surface area contributed by atoms with Crippen molar-refractivity contribution in [3.05, 3.63) is 0 Å². The van der Waals surface area contributed by atoms with Gasteiger partial charge in [0.2, 0.25) is 11.8 Å². The first kappa shape index (κ1) is 22.9. The van der Waals surface area contributed by atoms with Crippen molar-refractivity contribution < 1.29 is 23.9 Å². The molecular weight excluding hydrogens is 378 g/mol. The molecule has 0 saturated carbocycles. The van der Waals surface area contributed by atoms with Crippen LogP contribution in [-0.2, 0) is 14.3 Å². The number of amides is 5. The van der Waals surface area contributed by atoms with Crippen LogP contribution in [0.25, 0.3) is 0 Å². The van der Waals surface area contributed by atoms with Gasteiger partial charge in [-0.2, -0.15) is 0 Å². The lowest BCUT2D eigenvalue weighted by atomic mass is 9.97. The highest BCUT2D eigenvalue weighted by atomic mass is 16.6. The van der Waals surface area contributed by atoms with E-state index < -0.39 is 11.7 Å². The molecule has 5 amide bonds. The minimum absolute atomic E-state index is 0.0187. The molecule has 0 aromatic heterocycles. The molecule has 1 atom stereocenters. The number of imide groups is 1. The van der Waals surface area contributed by atoms with Crippen LogP contribution >= 0.6 is 0 Å². The molecular formula is C19H33N5O5. The van der Waals surface area contributed by atoms with Crippen LogP contribution in [0.1, 0.15) is 40.0 Å². The van der Waals surface area contributed by atoms with E-state index in [9.17, 15) is 19.2 Å². The van der Waals surface area contributed by atoms with Gasteiger partial charge in [-0.3, -0.25) is 14.5 Å². The Morgan fingerprint density at radius 3 is 2.55 bits per heavy atom. The van der Waals surface area contributed by atoms with E-state index in [1.165, 1.54) is 4.90 Å². The number of hydrogen-bond acceptors (Lipinski definition) is 6. The number of hydrogen-bond donors (Lipinski definition) is 3. The normalized spacial score (nSPS) is 20.4. The lowest BCUT2D eigenvalue weighted by Gasteiger charge is -2.32. The summed E-state index contributed by atoms with van der Waals surface area (Å²) in [4.78, 5) is 50.5. The molecule has 0 aromatic carbocycles. The van der Waals surface area contributed by atoms with E-state index in [1.54, 1.807) is 20.8 Å². The lowest BCUT2D eigenvalue weighted by Crippen LogP contribution is -2.45. The summed E-state index contributed by atoms with van der Waals surface area (Å²) in [5.74, 6) is -0.303. The quantitative estimate of drug-likeness (QED) is 0.390. The molecule has 0 spiro atoms. The fraction of sp³-hybridized carbons (Fsp3) is 0.789. The predicted molar refractivity (Wildman–Crippen MR) is 106 cm³/mol. The maximum absolute atomic E-state index is 12.4. The molecule has 2 saturated heterocycles. The summed E-state index contributed by atoms with van der Waals surface area (Å²) >= 11 is 0. The van der Waals surface area contributed by atoms with E-state index >= 15 is 0 Å². The zero-order valence-corrected chi connectivity index (χ0v) is 17.6. The van der Waals surface area contributed by atoms with E-state index in [1.807, 2.05) is 0 Å². The highest BCUT2D eigenvalue weighted by Crippen LogP contribution is 2.17. The smallest absolute Gasteiger partial charge is 0.407 e. The van der Waals surface area contributed by atoms with E-state index in [2.05, 4.69) is 20.9 Å². The van der Waals surface area contributed by atoms with Crippen molar-refractivity contribution in [3.63, 3.8) is 0 Å². The number of carbonyl (C=O) groups is 4. The van der Waals surface area contributed by atoms with E-state index in [4.69, 9.17) is 4.74 Å². The van der Waals surface area contributed by atoms with Gasteiger partial charge >= 0.3 is 12.1 Å². The van der Waals surface area contributed by atoms with Crippen molar-refractivity contribution in [2.45, 2.75) is 45.6 Å². The van der Waals surface area contributed by atoms with Crippen LogP contribution in [0.4, 0.5) is 9.59 Å². The molecule has 164 valence electrons. The third-order valence-corrected chi connectivity index (χ3v) is 4.76. The molecule has 0 radical (unpaired) electrons. The highest BCUT2D eigenvalue weighted by Gasteiger charge is 2.29. The molecule has 10 heteroatoms. The molecule has 2 aliphatic heterocycles. The number of nitrogens with zero attached hydrogens (tertiary/aromatic N) is 2. The van der Waals surface area contributed by atoms with Crippen molar-refractivity contribution >= 4 is 23.9 Å². The second-order valence-corrected chi connectivity index (χ2v) is 8.42. The summed E-state index contributed by atoms with van der Waals surface area (Å²) in [5, 5.41) is 7.99. The molecule has 0 aromatic rings. The van der Waals surface area contributed by atoms with Gasteiger partial charge in [0.1, 0.15) is 5.60 Å². The molecule has 10 nitrogen and oxygen atoms in total. The lowest BCUT2D eigenvalue weighted by molar-refractivity contribution is -0.126. The summed E-state index contributed by atoms with van der Waals surface area (Å²) < 4.78 is 5.14. The Labute approximate surface area is 171 Å². The molecule has 0 bridgehead atoms. The van der Waals surface area contributed by atoms with Gasteiger partial charge in [0.05, 0.1) is 12.5 Å². The average molecular weight is 412 g/mol. The number of piperidine rings is 1. The highest BCUT2D eigenvalue weighted by molar-refractivity contribution is 6.01. The number of likely N-dealkylation sites (tertiary alicyclic amines) is 1. The summed E-state index contributed by atoms with van der Waals surface area (Å²) in [6.07, 6.45) is 1.94. The standard InChI is InChI=1S/C19H33N5O5/c1-19(2,3)29-18(28)21-8-7-20-16(26)14-6-4-9-23(13-14)10-5-11-24-15(25)12-22-17(24)27/h14H,4-13H2,1-3H3,(H,20,26)(H,21,28)(H,22,27). The van der Waals surface area contributed by atoms with Crippen molar-refractivity contribution in [2.75, 3.05) is 45.8 Å². The van der Waals surface area contributed by atoms with E-state index in [0.717, 1.165) is 25.9 Å². The van der Waals surface area contributed by atoms with Crippen molar-refractivity contribution in [2.24, 2.45) is 5.92 Å². The summed E-state index contributed by atoms with van der Waals surface area (Å²) in [6.45, 7) is 8.81. The summed E-state index contributed by atoms with van der Waals surface area (Å²) in [7, 11) is 0. The minimum atomic E-state index is -0.551. The Morgan fingerprint density at radius 2 is 1.90 bits per heavy atom. The molecule has 2 rings (SSSR count). The fourth-order valence-corrected chi connectivity index (χ4v) is 3.42. The summed E-state index contributed by atoms with van der Waals surface area (Å²) in [5.41, 5.74) is -0.551. The molecule has 3 N–H and O–H groups in total. The monoisotopic (exact) mass is 411 g/mol. The first-order valence-electron chi connectivity index (χ1n) is 10.2. The van der Waals surface area contributed by atoms with Crippen LogP contribution in [0, 0.1) is 5.92 Å². The maximum Gasteiger partial charge on any atom is 0.407 e. The Hall–Kier alpha value is -2.36. The zero-order chi connectivity index (χ0) is 21.4. The van der Waals surface area contributed by atoms with Crippen molar-refractivity contribution in [1.29, 1.82) is 0 Å². The van der Waals surface area contributed by atoms with Gasteiger partial charge in [-0.15, -0.1) is 0 Å². The number of nitrogens with one attached hydrogen (secondary N) is 3. The van der Waals surface area contributed by atoms with Gasteiger partial charge in [0.25, 0.3) is 0 Å². The minimum Gasteiger partial charge on any atom is -0.444 e. The molecule has 29 heavy (non-hydrogen) atoms. The number of ether oxygens (including phenoxy) is 1. The fourth-order valence-electron chi connectivity index (χ4n) is 3.42. The van der Waals surface area contributed by atoms with Gasteiger partial charge in [-0.1, -0.05) is 0 Å². The molecule has 0 aliphatic carbocycles. The van der Waals surface area contributed by atoms with Gasteiger partial charge < -0.3 is 25.6 Å². The van der Waals surface area contributed by atoms with Crippen LogP contribution in [0.3, 0.4) is 0 Å². The zero-order valence-electron chi connectivity index (χ0n) is 17.6. The third kappa shape index (κ3) is 7.88. The first-order valence-corrected chi connectivity index (χ1v) is 10.2. The molecule has 2 fully saturated rings. The molecule has 1 unspecified atom stereocenters. The number of rotatable bonds is 8. The van der Waals surface area contributed by atoms with Crippen LogP contribution in [0.2, 0.25) is 0 Å². The van der Waals surface area contributed by atoms with Crippen LogP contribution in [0.5, 0.6) is 0 Å². The predicted octanol–water partition coefficient (Wildman–Crippen LogP) is 0.281. The Morgan fingerprint density at radius 1 is 1.17 bits per heavy atom. The number of urea groups is 1.